The van der Waals surface area contributed by atoms with Crippen LogP contribution in [0.2, 0.25) is 0 Å². The molecule has 1 atom stereocenters. The van der Waals surface area contributed by atoms with Crippen LogP contribution in [-0.4, -0.2) is 25.2 Å². The number of hydrogen-bond donors (Lipinski definition) is 1. The van der Waals surface area contributed by atoms with Gasteiger partial charge in [0.2, 0.25) is 0 Å². The summed E-state index contributed by atoms with van der Waals surface area (Å²) < 4.78 is 5.30. The van der Waals surface area contributed by atoms with Gasteiger partial charge in [-0.25, -0.2) is 0 Å². The highest BCUT2D eigenvalue weighted by atomic mass is 16.5. The largest absolute Gasteiger partial charge is 0.355 e. The third kappa shape index (κ3) is 2.55. The van der Waals surface area contributed by atoms with Crippen LogP contribution < -0.4 is 5.32 Å². The molecule has 2 fully saturated rings. The van der Waals surface area contributed by atoms with E-state index in [9.17, 15) is 4.79 Å². The van der Waals surface area contributed by atoms with Crippen molar-refractivity contribution in [1.82, 2.24) is 5.32 Å². The van der Waals surface area contributed by atoms with Gasteiger partial charge in [-0.1, -0.05) is 32.1 Å². The summed E-state index contributed by atoms with van der Waals surface area (Å²) in [4.78, 5) is 11.7. The van der Waals surface area contributed by atoms with E-state index in [1.165, 1.54) is 32.1 Å². The Morgan fingerprint density at radius 3 is 2.71 bits per heavy atom. The second-order valence-corrected chi connectivity index (χ2v) is 4.38. The van der Waals surface area contributed by atoms with Crippen molar-refractivity contribution in [3.63, 3.8) is 0 Å². The summed E-state index contributed by atoms with van der Waals surface area (Å²) in [7, 11) is 0. The minimum absolute atomic E-state index is 0.259. The molecule has 1 saturated carbocycles. The molecular formula is C11H19NO2. The van der Waals surface area contributed by atoms with Crippen LogP contribution in [0.5, 0.6) is 0 Å². The summed E-state index contributed by atoms with van der Waals surface area (Å²) >= 11 is 0. The summed E-state index contributed by atoms with van der Waals surface area (Å²) in [6.07, 6.45) is 6.85. The molecule has 0 bridgehead atoms. The van der Waals surface area contributed by atoms with Crippen molar-refractivity contribution in [2.45, 2.75) is 44.8 Å². The fourth-order valence-corrected chi connectivity index (χ4v) is 2.42. The lowest BCUT2D eigenvalue weighted by Crippen LogP contribution is -2.33. The summed E-state index contributed by atoms with van der Waals surface area (Å²) in [6.45, 7) is 1.50. The Morgan fingerprint density at radius 1 is 1.29 bits per heavy atom. The molecular weight excluding hydrogens is 178 g/mol. The van der Waals surface area contributed by atoms with E-state index in [-0.39, 0.29) is 12.0 Å². The van der Waals surface area contributed by atoms with Gasteiger partial charge in [-0.3, -0.25) is 10.1 Å². The van der Waals surface area contributed by atoms with Crippen molar-refractivity contribution < 1.29 is 9.53 Å². The Morgan fingerprint density at radius 2 is 2.07 bits per heavy atom. The van der Waals surface area contributed by atoms with Crippen molar-refractivity contribution in [2.75, 3.05) is 13.2 Å². The monoisotopic (exact) mass is 197 g/mol. The Labute approximate surface area is 85.2 Å². The van der Waals surface area contributed by atoms with E-state index in [0.29, 0.717) is 12.5 Å². The topological polar surface area (TPSA) is 38.3 Å². The Balaban J connectivity index is 1.75. The molecule has 1 N–H and O–H groups in total. The minimum atomic E-state index is -0.295. The fraction of sp³-hybridized carbons (Fsp3) is 0.909. The molecule has 0 aromatic carbocycles. The van der Waals surface area contributed by atoms with Crippen LogP contribution in [0, 0.1) is 5.92 Å². The maximum atomic E-state index is 11.7. The first kappa shape index (κ1) is 10.1. The maximum absolute atomic E-state index is 11.7. The summed E-state index contributed by atoms with van der Waals surface area (Å²) in [5.41, 5.74) is 0. The fourth-order valence-electron chi connectivity index (χ4n) is 2.42. The number of hydrogen-bond acceptors (Lipinski definition) is 3. The molecule has 2 aliphatic rings. The average molecular weight is 197 g/mol. The number of ketones is 1. The van der Waals surface area contributed by atoms with Crippen LogP contribution in [0.15, 0.2) is 0 Å². The first-order chi connectivity index (χ1) is 6.86. The van der Waals surface area contributed by atoms with Crippen LogP contribution in [-0.2, 0) is 9.53 Å². The van der Waals surface area contributed by atoms with Gasteiger partial charge in [-0.15, -0.1) is 0 Å². The summed E-state index contributed by atoms with van der Waals surface area (Å²) in [5, 5.41) is 3.07. The van der Waals surface area contributed by atoms with Gasteiger partial charge in [-0.2, -0.15) is 0 Å². The average Bonchev–Trinajstić information content (AvgIpc) is 2.72. The highest BCUT2D eigenvalue weighted by molar-refractivity contribution is 5.83. The molecule has 1 heterocycles. The van der Waals surface area contributed by atoms with Gasteiger partial charge >= 0.3 is 0 Å². The standard InChI is InChI=1S/C11H19NO2/c13-10(11-12-6-7-14-11)8-9-4-2-1-3-5-9/h9,11-12H,1-8H2. The van der Waals surface area contributed by atoms with Crippen molar-refractivity contribution in [3.8, 4) is 0 Å². The molecule has 0 radical (unpaired) electrons. The second kappa shape index (κ2) is 4.89. The number of ether oxygens (including phenoxy) is 1. The van der Waals surface area contributed by atoms with Crippen molar-refractivity contribution in [1.29, 1.82) is 0 Å². The van der Waals surface area contributed by atoms with E-state index in [1.807, 2.05) is 0 Å². The predicted octanol–water partition coefficient (Wildman–Crippen LogP) is 1.47. The van der Waals surface area contributed by atoms with Crippen LogP contribution >= 0.6 is 0 Å². The molecule has 14 heavy (non-hydrogen) atoms. The molecule has 0 spiro atoms. The van der Waals surface area contributed by atoms with E-state index in [1.54, 1.807) is 0 Å². The van der Waals surface area contributed by atoms with E-state index in [2.05, 4.69) is 5.32 Å². The molecule has 3 nitrogen and oxygen atoms in total. The molecule has 0 aromatic heterocycles. The molecule has 1 unspecified atom stereocenters. The molecule has 0 amide bonds. The van der Waals surface area contributed by atoms with Crippen molar-refractivity contribution in [2.24, 2.45) is 5.92 Å². The first-order valence-electron chi connectivity index (χ1n) is 5.74. The Kier molecular flexibility index (Phi) is 3.54. The van der Waals surface area contributed by atoms with E-state index >= 15 is 0 Å². The van der Waals surface area contributed by atoms with Gasteiger partial charge in [0.1, 0.15) is 0 Å². The van der Waals surface area contributed by atoms with Crippen molar-refractivity contribution >= 4 is 5.78 Å². The van der Waals surface area contributed by atoms with E-state index < -0.39 is 0 Å². The second-order valence-electron chi connectivity index (χ2n) is 4.38. The third-order valence-corrected chi connectivity index (χ3v) is 3.22. The van der Waals surface area contributed by atoms with Crippen LogP contribution in [0.4, 0.5) is 0 Å². The maximum Gasteiger partial charge on any atom is 0.176 e. The molecule has 1 aliphatic heterocycles. The van der Waals surface area contributed by atoms with Crippen molar-refractivity contribution in [3.05, 3.63) is 0 Å². The number of carbonyl (C=O) groups excluding carboxylic acids is 1. The van der Waals surface area contributed by atoms with Gasteiger partial charge in [0.25, 0.3) is 0 Å². The van der Waals surface area contributed by atoms with Gasteiger partial charge in [0, 0.05) is 13.0 Å². The van der Waals surface area contributed by atoms with Gasteiger partial charge in [0.15, 0.2) is 12.0 Å². The smallest absolute Gasteiger partial charge is 0.176 e. The predicted molar refractivity (Wildman–Crippen MR) is 53.9 cm³/mol. The lowest BCUT2D eigenvalue weighted by atomic mass is 9.85. The normalized spacial score (nSPS) is 29.3. The first-order valence-corrected chi connectivity index (χ1v) is 5.74. The number of nitrogens with one attached hydrogen (secondary N) is 1. The van der Waals surface area contributed by atoms with Crippen LogP contribution in [0.3, 0.4) is 0 Å². The molecule has 3 heteroatoms. The van der Waals surface area contributed by atoms with E-state index in [0.717, 1.165) is 13.0 Å². The minimum Gasteiger partial charge on any atom is -0.355 e. The number of carbonyl (C=O) groups is 1. The molecule has 1 aliphatic carbocycles. The lowest BCUT2D eigenvalue weighted by Gasteiger charge is -2.21. The third-order valence-electron chi connectivity index (χ3n) is 3.22. The Bertz CT molecular complexity index is 193. The zero-order valence-electron chi connectivity index (χ0n) is 8.63. The highest BCUT2D eigenvalue weighted by Gasteiger charge is 2.25. The van der Waals surface area contributed by atoms with Crippen LogP contribution in [0.25, 0.3) is 0 Å². The van der Waals surface area contributed by atoms with E-state index in [4.69, 9.17) is 4.74 Å². The molecule has 0 aromatic rings. The lowest BCUT2D eigenvalue weighted by molar-refractivity contribution is -0.130. The van der Waals surface area contributed by atoms with Gasteiger partial charge in [-0.05, 0) is 5.92 Å². The zero-order valence-corrected chi connectivity index (χ0v) is 8.63. The number of rotatable bonds is 3. The quantitative estimate of drug-likeness (QED) is 0.744. The summed E-state index contributed by atoms with van der Waals surface area (Å²) in [5.74, 6) is 0.886. The van der Waals surface area contributed by atoms with Crippen LogP contribution in [0.1, 0.15) is 38.5 Å². The molecule has 2 rings (SSSR count). The molecule has 1 saturated heterocycles. The van der Waals surface area contributed by atoms with Gasteiger partial charge in [0.05, 0.1) is 6.61 Å². The van der Waals surface area contributed by atoms with Gasteiger partial charge < -0.3 is 4.74 Å². The SMILES string of the molecule is O=C(CC1CCCCC1)C1NCCO1. The Hall–Kier alpha value is -0.410. The highest BCUT2D eigenvalue weighted by Crippen LogP contribution is 2.26. The number of Topliss-reactive ketones (excluding diaryl/α,β-unsaturated/α-hetero) is 1. The zero-order chi connectivity index (χ0) is 9.80. The molecule has 80 valence electrons. The summed E-state index contributed by atoms with van der Waals surface area (Å²) in [6, 6.07) is 0.